The van der Waals surface area contributed by atoms with E-state index in [0.29, 0.717) is 0 Å². The summed E-state index contributed by atoms with van der Waals surface area (Å²) in [4.78, 5) is 11.8. The van der Waals surface area contributed by atoms with Gasteiger partial charge in [0.15, 0.2) is 0 Å². The number of benzene rings is 1. The van der Waals surface area contributed by atoms with E-state index in [9.17, 15) is 4.79 Å². The maximum atomic E-state index is 11.8. The van der Waals surface area contributed by atoms with Crippen molar-refractivity contribution >= 4 is 5.91 Å². The van der Waals surface area contributed by atoms with Crippen molar-refractivity contribution in [3.63, 3.8) is 0 Å². The third-order valence-electron chi connectivity index (χ3n) is 3.47. The summed E-state index contributed by atoms with van der Waals surface area (Å²) in [5, 5.41) is 3.17. The lowest BCUT2D eigenvalue weighted by atomic mass is 9.97. The Labute approximate surface area is 103 Å². The highest BCUT2D eigenvalue weighted by Gasteiger charge is 2.31. The third kappa shape index (κ3) is 2.87. The molecule has 0 heterocycles. The second kappa shape index (κ2) is 4.91. The zero-order valence-electron chi connectivity index (χ0n) is 10.9. The summed E-state index contributed by atoms with van der Waals surface area (Å²) in [6.45, 7) is 6.34. The van der Waals surface area contributed by atoms with Gasteiger partial charge in [0.1, 0.15) is 0 Å². The quantitative estimate of drug-likeness (QED) is 0.846. The van der Waals surface area contributed by atoms with E-state index < -0.39 is 0 Å². The fraction of sp³-hybridized carbons (Fsp3) is 0.533. The molecule has 1 saturated carbocycles. The molecule has 17 heavy (non-hydrogen) atoms. The highest BCUT2D eigenvalue weighted by Crippen LogP contribution is 2.30. The summed E-state index contributed by atoms with van der Waals surface area (Å²) >= 11 is 0. The molecule has 92 valence electrons. The van der Waals surface area contributed by atoms with Crippen LogP contribution in [0.2, 0.25) is 0 Å². The first kappa shape index (κ1) is 12.2. The van der Waals surface area contributed by atoms with E-state index in [1.165, 1.54) is 16.7 Å². The van der Waals surface area contributed by atoms with Crippen LogP contribution in [0, 0.1) is 19.8 Å². The smallest absolute Gasteiger partial charge is 0.223 e. The van der Waals surface area contributed by atoms with E-state index in [0.717, 1.165) is 19.3 Å². The Morgan fingerprint density at radius 3 is 2.65 bits per heavy atom. The van der Waals surface area contributed by atoms with Gasteiger partial charge in [0.2, 0.25) is 5.91 Å². The standard InChI is InChI=1S/C15H21NO/c1-4-14(16-15(17)12-6-7-12)13-8-5-10(2)9-11(13)3/h5,8-9,12,14H,4,6-7H2,1-3H3,(H,16,17)/t14-/m1/s1. The van der Waals surface area contributed by atoms with Crippen LogP contribution in [0.15, 0.2) is 18.2 Å². The molecular formula is C15H21NO. The maximum Gasteiger partial charge on any atom is 0.223 e. The molecule has 0 aliphatic heterocycles. The van der Waals surface area contributed by atoms with Crippen LogP contribution in [0.1, 0.15) is 48.9 Å². The number of aryl methyl sites for hydroxylation is 2. The topological polar surface area (TPSA) is 29.1 Å². The first-order valence-corrected chi connectivity index (χ1v) is 6.49. The normalized spacial score (nSPS) is 16.6. The van der Waals surface area contributed by atoms with Gasteiger partial charge in [-0.15, -0.1) is 0 Å². The lowest BCUT2D eigenvalue weighted by Crippen LogP contribution is -2.29. The predicted molar refractivity (Wildman–Crippen MR) is 69.8 cm³/mol. The van der Waals surface area contributed by atoms with Crippen LogP contribution < -0.4 is 5.32 Å². The molecule has 1 amide bonds. The van der Waals surface area contributed by atoms with Crippen molar-refractivity contribution in [2.75, 3.05) is 0 Å². The Balaban J connectivity index is 2.13. The van der Waals surface area contributed by atoms with Crippen molar-refractivity contribution < 1.29 is 4.79 Å². The van der Waals surface area contributed by atoms with Gasteiger partial charge in [-0.05, 0) is 44.2 Å². The average molecular weight is 231 g/mol. The molecule has 2 nitrogen and oxygen atoms in total. The lowest BCUT2D eigenvalue weighted by Gasteiger charge is -2.20. The van der Waals surface area contributed by atoms with Crippen LogP contribution in [0.3, 0.4) is 0 Å². The molecule has 2 rings (SSSR count). The Bertz CT molecular complexity index is 421. The van der Waals surface area contributed by atoms with Crippen molar-refractivity contribution in [2.24, 2.45) is 5.92 Å². The minimum Gasteiger partial charge on any atom is -0.349 e. The summed E-state index contributed by atoms with van der Waals surface area (Å²) in [5.74, 6) is 0.520. The predicted octanol–water partition coefficient (Wildman–Crippen LogP) is 3.28. The number of carbonyl (C=O) groups excluding carboxylic acids is 1. The van der Waals surface area contributed by atoms with Crippen LogP contribution in [-0.4, -0.2) is 5.91 Å². The highest BCUT2D eigenvalue weighted by molar-refractivity contribution is 5.81. The van der Waals surface area contributed by atoms with E-state index >= 15 is 0 Å². The number of hydrogen-bond donors (Lipinski definition) is 1. The van der Waals surface area contributed by atoms with E-state index in [1.54, 1.807) is 0 Å². The Morgan fingerprint density at radius 2 is 2.12 bits per heavy atom. The molecule has 1 aliphatic carbocycles. The second-order valence-corrected chi connectivity index (χ2v) is 5.10. The van der Waals surface area contributed by atoms with Crippen molar-refractivity contribution in [3.05, 3.63) is 34.9 Å². The van der Waals surface area contributed by atoms with Crippen molar-refractivity contribution in [3.8, 4) is 0 Å². The average Bonchev–Trinajstić information content (AvgIpc) is 3.10. The number of nitrogens with one attached hydrogen (secondary N) is 1. The van der Waals surface area contributed by atoms with Crippen molar-refractivity contribution in [2.45, 2.75) is 46.1 Å². The molecule has 1 aromatic carbocycles. The van der Waals surface area contributed by atoms with Gasteiger partial charge in [-0.3, -0.25) is 4.79 Å². The van der Waals surface area contributed by atoms with Gasteiger partial charge in [-0.25, -0.2) is 0 Å². The molecule has 2 heteroatoms. The molecule has 0 aromatic heterocycles. The van der Waals surface area contributed by atoms with Crippen LogP contribution in [-0.2, 0) is 4.79 Å². The summed E-state index contributed by atoms with van der Waals surface area (Å²) in [6.07, 6.45) is 3.08. The fourth-order valence-corrected chi connectivity index (χ4v) is 2.25. The number of amides is 1. The largest absolute Gasteiger partial charge is 0.349 e. The Kier molecular flexibility index (Phi) is 3.51. The van der Waals surface area contributed by atoms with Gasteiger partial charge in [0, 0.05) is 5.92 Å². The molecule has 1 aliphatic rings. The molecule has 1 atom stereocenters. The fourth-order valence-electron chi connectivity index (χ4n) is 2.25. The van der Waals surface area contributed by atoms with Gasteiger partial charge in [-0.2, -0.15) is 0 Å². The first-order valence-electron chi connectivity index (χ1n) is 6.49. The van der Waals surface area contributed by atoms with Crippen LogP contribution >= 0.6 is 0 Å². The molecular weight excluding hydrogens is 210 g/mol. The minimum absolute atomic E-state index is 0.170. The molecule has 0 unspecified atom stereocenters. The van der Waals surface area contributed by atoms with E-state index in [2.05, 4.69) is 44.3 Å². The van der Waals surface area contributed by atoms with E-state index in [4.69, 9.17) is 0 Å². The van der Waals surface area contributed by atoms with E-state index in [1.807, 2.05) is 0 Å². The first-order chi connectivity index (χ1) is 8.11. The van der Waals surface area contributed by atoms with Gasteiger partial charge < -0.3 is 5.32 Å². The van der Waals surface area contributed by atoms with E-state index in [-0.39, 0.29) is 17.9 Å². The lowest BCUT2D eigenvalue weighted by molar-refractivity contribution is -0.123. The molecule has 0 radical (unpaired) electrons. The number of rotatable bonds is 4. The number of hydrogen-bond acceptors (Lipinski definition) is 1. The third-order valence-corrected chi connectivity index (χ3v) is 3.47. The van der Waals surface area contributed by atoms with Gasteiger partial charge >= 0.3 is 0 Å². The van der Waals surface area contributed by atoms with Crippen molar-refractivity contribution in [1.29, 1.82) is 0 Å². The second-order valence-electron chi connectivity index (χ2n) is 5.10. The molecule has 1 fully saturated rings. The SMILES string of the molecule is CC[C@@H](NC(=O)C1CC1)c1ccc(C)cc1C. The molecule has 0 saturated heterocycles. The number of carbonyl (C=O) groups is 1. The van der Waals surface area contributed by atoms with Gasteiger partial charge in [-0.1, -0.05) is 30.7 Å². The Hall–Kier alpha value is -1.31. The van der Waals surface area contributed by atoms with Crippen molar-refractivity contribution in [1.82, 2.24) is 5.32 Å². The van der Waals surface area contributed by atoms with Gasteiger partial charge in [0.25, 0.3) is 0 Å². The Morgan fingerprint density at radius 1 is 1.41 bits per heavy atom. The molecule has 1 aromatic rings. The molecule has 0 bridgehead atoms. The summed E-state index contributed by atoms with van der Waals surface area (Å²) in [6, 6.07) is 6.62. The zero-order chi connectivity index (χ0) is 12.4. The summed E-state index contributed by atoms with van der Waals surface area (Å²) in [5.41, 5.74) is 3.80. The molecule has 1 N–H and O–H groups in total. The summed E-state index contributed by atoms with van der Waals surface area (Å²) in [7, 11) is 0. The summed E-state index contributed by atoms with van der Waals surface area (Å²) < 4.78 is 0. The van der Waals surface area contributed by atoms with Gasteiger partial charge in [0.05, 0.1) is 6.04 Å². The van der Waals surface area contributed by atoms with Crippen LogP contribution in [0.25, 0.3) is 0 Å². The van der Waals surface area contributed by atoms with Crippen LogP contribution in [0.5, 0.6) is 0 Å². The zero-order valence-corrected chi connectivity index (χ0v) is 10.9. The highest BCUT2D eigenvalue weighted by atomic mass is 16.2. The molecule has 0 spiro atoms. The monoisotopic (exact) mass is 231 g/mol. The maximum absolute atomic E-state index is 11.8. The van der Waals surface area contributed by atoms with Crippen LogP contribution in [0.4, 0.5) is 0 Å². The minimum atomic E-state index is 0.170.